The standard InChI is InChI=1S/C19H29ClN2O5/c1-18(2,3)26-16(24)22(17(25)27-19(4,5)6)14-9-7-8-13(10-14)21-12-15(23)11-20/h7-10,15,21,23H,11-12H2,1-6H3. The van der Waals surface area contributed by atoms with Crippen LogP contribution >= 0.6 is 11.6 Å². The highest BCUT2D eigenvalue weighted by atomic mass is 35.5. The molecule has 8 heteroatoms. The highest BCUT2D eigenvalue weighted by Crippen LogP contribution is 2.24. The number of halogens is 1. The van der Waals surface area contributed by atoms with Crippen molar-refractivity contribution in [1.29, 1.82) is 0 Å². The average Bonchev–Trinajstić information content (AvgIpc) is 2.49. The Morgan fingerprint density at radius 2 is 1.63 bits per heavy atom. The second kappa shape index (κ2) is 9.28. The number of rotatable bonds is 5. The maximum Gasteiger partial charge on any atom is 0.424 e. The van der Waals surface area contributed by atoms with Gasteiger partial charge in [0.05, 0.1) is 17.7 Å². The van der Waals surface area contributed by atoms with Crippen LogP contribution < -0.4 is 10.2 Å². The Labute approximate surface area is 165 Å². The molecule has 0 fully saturated rings. The van der Waals surface area contributed by atoms with Crippen molar-refractivity contribution < 1.29 is 24.2 Å². The minimum absolute atomic E-state index is 0.0919. The topological polar surface area (TPSA) is 88.1 Å². The Morgan fingerprint density at radius 3 is 2.07 bits per heavy atom. The zero-order valence-corrected chi connectivity index (χ0v) is 17.5. The van der Waals surface area contributed by atoms with E-state index in [4.69, 9.17) is 21.1 Å². The molecule has 0 saturated heterocycles. The summed E-state index contributed by atoms with van der Waals surface area (Å²) in [6.07, 6.45) is -2.40. The lowest BCUT2D eigenvalue weighted by atomic mass is 10.2. The Hall–Kier alpha value is -1.99. The zero-order chi connectivity index (χ0) is 20.8. The molecule has 0 aliphatic carbocycles. The number of carbonyl (C=O) groups is 2. The summed E-state index contributed by atoms with van der Waals surface area (Å²) in [5.41, 5.74) is -0.673. The number of aliphatic hydroxyl groups excluding tert-OH is 1. The molecule has 1 aromatic carbocycles. The Bertz CT molecular complexity index is 624. The van der Waals surface area contributed by atoms with Crippen LogP contribution in [0.4, 0.5) is 21.0 Å². The molecule has 1 atom stereocenters. The van der Waals surface area contributed by atoms with Crippen LogP contribution in [-0.4, -0.2) is 47.0 Å². The summed E-state index contributed by atoms with van der Waals surface area (Å²) in [5.74, 6) is 0.0919. The number of benzene rings is 1. The summed E-state index contributed by atoms with van der Waals surface area (Å²) in [7, 11) is 0. The quantitative estimate of drug-likeness (QED) is 0.713. The minimum Gasteiger partial charge on any atom is -0.443 e. The van der Waals surface area contributed by atoms with E-state index < -0.39 is 29.5 Å². The first-order valence-electron chi connectivity index (χ1n) is 8.66. The molecular weight excluding hydrogens is 372 g/mol. The Kier molecular flexibility index (Phi) is 7.92. The summed E-state index contributed by atoms with van der Waals surface area (Å²) in [6.45, 7) is 10.5. The van der Waals surface area contributed by atoms with Gasteiger partial charge >= 0.3 is 12.2 Å². The zero-order valence-electron chi connectivity index (χ0n) is 16.7. The fraction of sp³-hybridized carbons (Fsp3) is 0.579. The maximum atomic E-state index is 12.6. The fourth-order valence-corrected chi connectivity index (χ4v) is 2.05. The number of aliphatic hydroxyl groups is 1. The molecule has 7 nitrogen and oxygen atoms in total. The fourth-order valence-electron chi connectivity index (χ4n) is 1.95. The number of hydrogen-bond acceptors (Lipinski definition) is 6. The molecular formula is C19H29ClN2O5. The molecule has 152 valence electrons. The van der Waals surface area contributed by atoms with Gasteiger partial charge in [-0.3, -0.25) is 0 Å². The summed E-state index contributed by atoms with van der Waals surface area (Å²) in [6, 6.07) is 6.60. The van der Waals surface area contributed by atoms with E-state index in [1.807, 2.05) is 0 Å². The number of imide groups is 1. The summed E-state index contributed by atoms with van der Waals surface area (Å²) in [5, 5.41) is 12.6. The van der Waals surface area contributed by atoms with Crippen LogP contribution in [0.1, 0.15) is 41.5 Å². The second-order valence-corrected chi connectivity index (χ2v) is 8.34. The van der Waals surface area contributed by atoms with Crippen LogP contribution in [-0.2, 0) is 9.47 Å². The number of nitrogens with zero attached hydrogens (tertiary/aromatic N) is 1. The second-order valence-electron chi connectivity index (χ2n) is 8.04. The van der Waals surface area contributed by atoms with Crippen molar-refractivity contribution in [2.24, 2.45) is 0 Å². The van der Waals surface area contributed by atoms with E-state index in [-0.39, 0.29) is 18.1 Å². The van der Waals surface area contributed by atoms with Gasteiger partial charge in [0.15, 0.2) is 0 Å². The van der Waals surface area contributed by atoms with Crippen molar-refractivity contribution in [2.75, 3.05) is 22.6 Å². The van der Waals surface area contributed by atoms with Crippen LogP contribution in [0.25, 0.3) is 0 Å². The number of nitrogens with one attached hydrogen (secondary N) is 1. The third kappa shape index (κ3) is 8.49. The summed E-state index contributed by atoms with van der Waals surface area (Å²) >= 11 is 5.59. The van der Waals surface area contributed by atoms with Gasteiger partial charge < -0.3 is 19.9 Å². The van der Waals surface area contributed by atoms with E-state index in [0.29, 0.717) is 5.69 Å². The predicted molar refractivity (Wildman–Crippen MR) is 107 cm³/mol. The molecule has 1 rings (SSSR count). The van der Waals surface area contributed by atoms with Crippen molar-refractivity contribution >= 4 is 35.2 Å². The van der Waals surface area contributed by atoms with E-state index in [0.717, 1.165) is 4.90 Å². The van der Waals surface area contributed by atoms with Crippen LogP contribution in [0.2, 0.25) is 0 Å². The molecule has 0 aliphatic heterocycles. The molecule has 0 saturated carbocycles. The van der Waals surface area contributed by atoms with E-state index in [2.05, 4.69) is 5.32 Å². The van der Waals surface area contributed by atoms with Gasteiger partial charge in [0.1, 0.15) is 11.2 Å². The van der Waals surface area contributed by atoms with Gasteiger partial charge in [-0.05, 0) is 59.7 Å². The molecule has 0 aromatic heterocycles. The Balaban J connectivity index is 3.14. The highest BCUT2D eigenvalue weighted by molar-refractivity contribution is 6.18. The van der Waals surface area contributed by atoms with Crippen molar-refractivity contribution in [3.05, 3.63) is 24.3 Å². The molecule has 2 N–H and O–H groups in total. The first-order chi connectivity index (χ1) is 12.3. The molecule has 2 amide bonds. The van der Waals surface area contributed by atoms with Gasteiger partial charge in [-0.25, -0.2) is 9.59 Å². The van der Waals surface area contributed by atoms with E-state index in [1.54, 1.807) is 65.8 Å². The number of amides is 2. The van der Waals surface area contributed by atoms with Gasteiger partial charge in [0.25, 0.3) is 0 Å². The maximum absolute atomic E-state index is 12.6. The Morgan fingerprint density at radius 1 is 1.11 bits per heavy atom. The first kappa shape index (κ1) is 23.0. The lowest BCUT2D eigenvalue weighted by Crippen LogP contribution is -2.43. The van der Waals surface area contributed by atoms with Gasteiger partial charge in [-0.2, -0.15) is 4.90 Å². The first-order valence-corrected chi connectivity index (χ1v) is 9.20. The van der Waals surface area contributed by atoms with Crippen molar-refractivity contribution in [3.8, 4) is 0 Å². The molecule has 0 bridgehead atoms. The van der Waals surface area contributed by atoms with E-state index in [9.17, 15) is 14.7 Å². The van der Waals surface area contributed by atoms with Crippen molar-refractivity contribution in [2.45, 2.75) is 58.8 Å². The van der Waals surface area contributed by atoms with Crippen LogP contribution in [0, 0.1) is 0 Å². The number of hydrogen-bond donors (Lipinski definition) is 2. The van der Waals surface area contributed by atoms with Crippen LogP contribution in [0.5, 0.6) is 0 Å². The normalized spacial score (nSPS) is 12.9. The van der Waals surface area contributed by atoms with Crippen molar-refractivity contribution in [1.82, 2.24) is 0 Å². The number of carbonyl (C=O) groups excluding carboxylic acids is 2. The third-order valence-electron chi connectivity index (χ3n) is 2.98. The summed E-state index contributed by atoms with van der Waals surface area (Å²) in [4.78, 5) is 26.1. The minimum atomic E-state index is -0.838. The van der Waals surface area contributed by atoms with Crippen LogP contribution in [0.3, 0.4) is 0 Å². The smallest absolute Gasteiger partial charge is 0.424 e. The molecule has 27 heavy (non-hydrogen) atoms. The number of anilines is 2. The lowest BCUT2D eigenvalue weighted by molar-refractivity contribution is 0.0431. The summed E-state index contributed by atoms with van der Waals surface area (Å²) < 4.78 is 10.7. The molecule has 0 spiro atoms. The molecule has 0 heterocycles. The van der Waals surface area contributed by atoms with Gasteiger partial charge in [-0.1, -0.05) is 6.07 Å². The molecule has 0 radical (unpaired) electrons. The van der Waals surface area contributed by atoms with Gasteiger partial charge in [-0.15, -0.1) is 11.6 Å². The van der Waals surface area contributed by atoms with Gasteiger partial charge in [0.2, 0.25) is 0 Å². The largest absolute Gasteiger partial charge is 0.443 e. The van der Waals surface area contributed by atoms with Crippen molar-refractivity contribution in [3.63, 3.8) is 0 Å². The average molecular weight is 401 g/mol. The van der Waals surface area contributed by atoms with E-state index >= 15 is 0 Å². The predicted octanol–water partition coefficient (Wildman–Crippen LogP) is 4.37. The van der Waals surface area contributed by atoms with Gasteiger partial charge in [0, 0.05) is 12.2 Å². The molecule has 1 unspecified atom stereocenters. The third-order valence-corrected chi connectivity index (χ3v) is 3.33. The molecule has 1 aromatic rings. The highest BCUT2D eigenvalue weighted by Gasteiger charge is 2.32. The molecule has 0 aliphatic rings. The number of ether oxygens (including phenoxy) is 2. The number of alkyl halides is 1. The SMILES string of the molecule is CC(C)(C)OC(=O)N(C(=O)OC(C)(C)C)c1cccc(NCC(O)CCl)c1. The van der Waals surface area contributed by atoms with Crippen LogP contribution in [0.15, 0.2) is 24.3 Å². The lowest BCUT2D eigenvalue weighted by Gasteiger charge is -2.28. The van der Waals surface area contributed by atoms with E-state index in [1.165, 1.54) is 0 Å². The monoisotopic (exact) mass is 400 g/mol.